The van der Waals surface area contributed by atoms with Gasteiger partial charge in [0.15, 0.2) is 0 Å². The van der Waals surface area contributed by atoms with Gasteiger partial charge in [0.25, 0.3) is 0 Å². The Bertz CT molecular complexity index is 601. The molecule has 1 nitrogen and oxygen atoms in total. The molecule has 2 rings (SSSR count). The first-order valence-corrected chi connectivity index (χ1v) is 8.59. The zero-order valence-corrected chi connectivity index (χ0v) is 15.0. The molecule has 0 aliphatic heterocycles. The van der Waals surface area contributed by atoms with Gasteiger partial charge in [-0.3, -0.25) is 0 Å². The van der Waals surface area contributed by atoms with Crippen molar-refractivity contribution in [2.75, 3.05) is 6.54 Å². The fraction of sp³-hybridized carbons (Fsp3) is 0.294. The first-order chi connectivity index (χ1) is 10.1. The van der Waals surface area contributed by atoms with E-state index in [-0.39, 0.29) is 11.9 Å². The monoisotopic (exact) mass is 413 g/mol. The van der Waals surface area contributed by atoms with Gasteiger partial charge in [-0.1, -0.05) is 57.0 Å². The van der Waals surface area contributed by atoms with E-state index in [1.54, 1.807) is 12.1 Å². The van der Waals surface area contributed by atoms with Crippen LogP contribution in [0.25, 0.3) is 0 Å². The van der Waals surface area contributed by atoms with Crippen molar-refractivity contribution in [2.45, 2.75) is 25.8 Å². The van der Waals surface area contributed by atoms with Crippen molar-refractivity contribution in [3.8, 4) is 0 Å². The van der Waals surface area contributed by atoms with Gasteiger partial charge < -0.3 is 5.32 Å². The Morgan fingerprint density at radius 1 is 1.00 bits per heavy atom. The molecule has 0 radical (unpaired) electrons. The van der Waals surface area contributed by atoms with Crippen LogP contribution in [-0.4, -0.2) is 12.6 Å². The highest BCUT2D eigenvalue weighted by Gasteiger charge is 2.13. The van der Waals surface area contributed by atoms with Crippen molar-refractivity contribution in [1.29, 1.82) is 0 Å². The quantitative estimate of drug-likeness (QED) is 0.692. The van der Waals surface area contributed by atoms with Crippen molar-refractivity contribution in [2.24, 2.45) is 0 Å². The molecule has 112 valence electrons. The first kappa shape index (κ1) is 16.7. The molecular weight excluding hydrogens is 397 g/mol. The molecule has 4 heteroatoms. The summed E-state index contributed by atoms with van der Waals surface area (Å²) in [5, 5.41) is 3.49. The smallest absolute Gasteiger partial charge is 0.123 e. The second kappa shape index (κ2) is 8.06. The van der Waals surface area contributed by atoms with Crippen LogP contribution in [0.15, 0.2) is 51.4 Å². The van der Waals surface area contributed by atoms with E-state index in [4.69, 9.17) is 0 Å². The van der Waals surface area contributed by atoms with Gasteiger partial charge in [-0.05, 0) is 54.8 Å². The van der Waals surface area contributed by atoms with Crippen LogP contribution in [0.4, 0.5) is 4.39 Å². The van der Waals surface area contributed by atoms with Gasteiger partial charge in [-0.2, -0.15) is 0 Å². The molecule has 0 saturated heterocycles. The topological polar surface area (TPSA) is 12.0 Å². The maximum atomic E-state index is 13.4. The zero-order chi connectivity index (χ0) is 15.2. The third-order valence-corrected chi connectivity index (χ3v) is 4.94. The molecule has 0 amide bonds. The summed E-state index contributed by atoms with van der Waals surface area (Å²) >= 11 is 7.10. The van der Waals surface area contributed by atoms with Crippen LogP contribution in [0.1, 0.15) is 18.1 Å². The van der Waals surface area contributed by atoms with Gasteiger partial charge in [-0.25, -0.2) is 4.39 Å². The van der Waals surface area contributed by atoms with Crippen LogP contribution in [-0.2, 0) is 12.8 Å². The van der Waals surface area contributed by atoms with Crippen molar-refractivity contribution in [3.05, 3.63) is 68.4 Å². The van der Waals surface area contributed by atoms with Crippen LogP contribution in [0.3, 0.4) is 0 Å². The number of benzene rings is 2. The van der Waals surface area contributed by atoms with Gasteiger partial charge in [0.2, 0.25) is 0 Å². The summed E-state index contributed by atoms with van der Waals surface area (Å²) in [6, 6.07) is 13.3. The summed E-state index contributed by atoms with van der Waals surface area (Å²) in [5.41, 5.74) is 2.25. The highest BCUT2D eigenvalue weighted by Crippen LogP contribution is 2.22. The van der Waals surface area contributed by atoms with Crippen LogP contribution in [0.5, 0.6) is 0 Å². The summed E-state index contributed by atoms with van der Waals surface area (Å²) in [6.45, 7) is 2.98. The summed E-state index contributed by atoms with van der Waals surface area (Å²) in [4.78, 5) is 0. The fourth-order valence-electron chi connectivity index (χ4n) is 2.40. The molecule has 1 atom stereocenters. The van der Waals surface area contributed by atoms with Crippen molar-refractivity contribution in [1.82, 2.24) is 5.32 Å². The molecule has 0 spiro atoms. The van der Waals surface area contributed by atoms with Crippen molar-refractivity contribution < 1.29 is 4.39 Å². The molecule has 0 aliphatic rings. The number of nitrogens with one attached hydrogen (secondary N) is 1. The molecule has 21 heavy (non-hydrogen) atoms. The minimum atomic E-state index is -0.190. The highest BCUT2D eigenvalue weighted by molar-refractivity contribution is 9.10. The summed E-state index contributed by atoms with van der Waals surface area (Å²) in [6.07, 6.45) is 1.69. The second-order valence-corrected chi connectivity index (χ2v) is 6.70. The third kappa shape index (κ3) is 4.90. The summed E-state index contributed by atoms with van der Waals surface area (Å²) < 4.78 is 15.5. The molecule has 2 aromatic carbocycles. The number of hydrogen-bond acceptors (Lipinski definition) is 1. The lowest BCUT2D eigenvalue weighted by atomic mass is 9.99. The Labute approximate surface area is 142 Å². The number of rotatable bonds is 6. The number of likely N-dealkylation sites (N-methyl/N-ethyl adjacent to an activating group) is 1. The molecule has 0 fully saturated rings. The predicted molar refractivity (Wildman–Crippen MR) is 93.1 cm³/mol. The molecular formula is C17H18Br2FN. The van der Waals surface area contributed by atoms with E-state index in [0.717, 1.165) is 33.9 Å². The SMILES string of the molecule is CCNC(Cc1ccccc1Br)Cc1cc(F)ccc1Br. The van der Waals surface area contributed by atoms with Gasteiger partial charge in [0, 0.05) is 15.0 Å². The lowest BCUT2D eigenvalue weighted by Gasteiger charge is -2.19. The standard InChI is InChI=1S/C17H18Br2FN/c1-2-21-15(10-12-5-3-4-6-16(12)18)11-13-9-14(20)7-8-17(13)19/h3-9,15,21H,2,10-11H2,1H3. The number of hydrogen-bond donors (Lipinski definition) is 1. The van der Waals surface area contributed by atoms with Crippen LogP contribution >= 0.6 is 31.9 Å². The highest BCUT2D eigenvalue weighted by atomic mass is 79.9. The Hall–Kier alpha value is -0.710. The van der Waals surface area contributed by atoms with Crippen LogP contribution < -0.4 is 5.32 Å². The second-order valence-electron chi connectivity index (χ2n) is 4.99. The lowest BCUT2D eigenvalue weighted by Crippen LogP contribution is -2.33. The van der Waals surface area contributed by atoms with E-state index >= 15 is 0 Å². The first-order valence-electron chi connectivity index (χ1n) is 7.01. The zero-order valence-electron chi connectivity index (χ0n) is 11.9. The molecule has 0 bridgehead atoms. The van der Waals surface area contributed by atoms with Crippen molar-refractivity contribution >= 4 is 31.9 Å². The van der Waals surface area contributed by atoms with E-state index in [2.05, 4.69) is 56.2 Å². The molecule has 1 unspecified atom stereocenters. The Kier molecular flexibility index (Phi) is 6.40. The molecule has 0 saturated carbocycles. The average molecular weight is 415 g/mol. The van der Waals surface area contributed by atoms with E-state index in [1.807, 2.05) is 12.1 Å². The van der Waals surface area contributed by atoms with Gasteiger partial charge in [0.1, 0.15) is 5.82 Å². The van der Waals surface area contributed by atoms with E-state index in [9.17, 15) is 4.39 Å². The molecule has 0 aromatic heterocycles. The van der Waals surface area contributed by atoms with Gasteiger partial charge >= 0.3 is 0 Å². The molecule has 1 N–H and O–H groups in total. The minimum Gasteiger partial charge on any atom is -0.314 e. The summed E-state index contributed by atoms with van der Waals surface area (Å²) in [7, 11) is 0. The third-order valence-electron chi connectivity index (χ3n) is 3.39. The Balaban J connectivity index is 2.16. The number of halogens is 3. The normalized spacial score (nSPS) is 12.4. The molecule has 0 aliphatic carbocycles. The molecule has 2 aromatic rings. The van der Waals surface area contributed by atoms with Gasteiger partial charge in [-0.15, -0.1) is 0 Å². The molecule has 0 heterocycles. The summed E-state index contributed by atoms with van der Waals surface area (Å²) in [5.74, 6) is -0.190. The van der Waals surface area contributed by atoms with Crippen LogP contribution in [0, 0.1) is 5.82 Å². The van der Waals surface area contributed by atoms with E-state index in [1.165, 1.54) is 11.6 Å². The average Bonchev–Trinajstić information content (AvgIpc) is 2.45. The maximum Gasteiger partial charge on any atom is 0.123 e. The van der Waals surface area contributed by atoms with E-state index in [0.29, 0.717) is 0 Å². The largest absolute Gasteiger partial charge is 0.314 e. The van der Waals surface area contributed by atoms with Crippen molar-refractivity contribution in [3.63, 3.8) is 0 Å². The minimum absolute atomic E-state index is 0.190. The van der Waals surface area contributed by atoms with Crippen LogP contribution in [0.2, 0.25) is 0 Å². The predicted octanol–water partition coefficient (Wildman–Crippen LogP) is 5.11. The Morgan fingerprint density at radius 3 is 2.38 bits per heavy atom. The maximum absolute atomic E-state index is 13.4. The Morgan fingerprint density at radius 2 is 1.67 bits per heavy atom. The fourth-order valence-corrected chi connectivity index (χ4v) is 3.25. The van der Waals surface area contributed by atoms with Gasteiger partial charge in [0.05, 0.1) is 0 Å². The lowest BCUT2D eigenvalue weighted by molar-refractivity contribution is 0.518. The van der Waals surface area contributed by atoms with E-state index < -0.39 is 0 Å².